The summed E-state index contributed by atoms with van der Waals surface area (Å²) in [6.45, 7) is 2.09. The van der Waals surface area contributed by atoms with Gasteiger partial charge in [0.15, 0.2) is 5.69 Å². The number of nitrogens with zero attached hydrogens (tertiary/aromatic N) is 2. The highest BCUT2D eigenvalue weighted by Crippen LogP contribution is 2.22. The Morgan fingerprint density at radius 2 is 1.84 bits per heavy atom. The first-order chi connectivity index (χ1) is 11.8. The Morgan fingerprint density at radius 3 is 2.44 bits per heavy atom. The Morgan fingerprint density at radius 1 is 1.16 bits per heavy atom. The number of ether oxygens (including phenoxy) is 2. The van der Waals surface area contributed by atoms with Crippen LogP contribution >= 0.6 is 0 Å². The molecule has 0 spiro atoms. The number of rotatable bonds is 6. The molecule has 1 aromatic carbocycles. The first-order valence-electron chi connectivity index (χ1n) is 7.38. The van der Waals surface area contributed by atoms with Crippen LogP contribution in [0.2, 0.25) is 0 Å². The molecule has 0 saturated heterocycles. The Labute approximate surface area is 140 Å². The molecule has 0 bridgehead atoms. The molecule has 25 heavy (non-hydrogen) atoms. The second-order valence-electron chi connectivity index (χ2n) is 5.05. The molecule has 0 unspecified atom stereocenters. The van der Waals surface area contributed by atoms with Gasteiger partial charge in [0.25, 0.3) is 5.56 Å². The lowest BCUT2D eigenvalue weighted by Crippen LogP contribution is -2.24. The van der Waals surface area contributed by atoms with Gasteiger partial charge in [0.1, 0.15) is 12.4 Å². The van der Waals surface area contributed by atoms with Crippen molar-refractivity contribution >= 4 is 5.97 Å². The number of benzene rings is 1. The van der Waals surface area contributed by atoms with Crippen LogP contribution in [0.1, 0.15) is 29.4 Å². The average molecular weight is 356 g/mol. The quantitative estimate of drug-likeness (QED) is 0.745. The molecule has 0 saturated carbocycles. The van der Waals surface area contributed by atoms with E-state index in [1.54, 1.807) is 0 Å². The number of hydrogen-bond donors (Lipinski definition) is 0. The van der Waals surface area contributed by atoms with Crippen molar-refractivity contribution in [2.24, 2.45) is 0 Å². The number of hydrogen-bond acceptors (Lipinski definition) is 5. The third-order valence-corrected chi connectivity index (χ3v) is 3.04. The van der Waals surface area contributed by atoms with E-state index in [1.165, 1.54) is 28.9 Å². The molecular formula is C16H15F3N2O4. The summed E-state index contributed by atoms with van der Waals surface area (Å²) in [6.07, 6.45) is -4.08. The minimum Gasteiger partial charge on any atom is -0.456 e. The topological polar surface area (TPSA) is 70.4 Å². The Balaban J connectivity index is 1.98. The molecule has 1 aromatic heterocycles. The second-order valence-corrected chi connectivity index (χ2v) is 5.05. The van der Waals surface area contributed by atoms with Crippen molar-refractivity contribution in [2.75, 3.05) is 0 Å². The van der Waals surface area contributed by atoms with E-state index in [-0.39, 0.29) is 23.6 Å². The standard InChI is InChI=1S/C16H15F3N2O4/c1-2-9-21-14(22)8-7-13(20-21)15(23)24-10-11-3-5-12(6-4-11)25-16(17,18)19/h3-8H,2,9-10H2,1H3. The maximum Gasteiger partial charge on any atom is 0.573 e. The summed E-state index contributed by atoms with van der Waals surface area (Å²) in [4.78, 5) is 23.5. The van der Waals surface area contributed by atoms with Crippen molar-refractivity contribution in [3.8, 4) is 5.75 Å². The Bertz CT molecular complexity index is 785. The van der Waals surface area contributed by atoms with Gasteiger partial charge in [-0.05, 0) is 30.2 Å². The number of esters is 1. The van der Waals surface area contributed by atoms with Crippen LogP contribution in [0.25, 0.3) is 0 Å². The van der Waals surface area contributed by atoms with Crippen molar-refractivity contribution in [1.82, 2.24) is 9.78 Å². The average Bonchev–Trinajstić information content (AvgIpc) is 2.55. The van der Waals surface area contributed by atoms with E-state index in [1.807, 2.05) is 6.92 Å². The van der Waals surface area contributed by atoms with Crippen LogP contribution in [-0.4, -0.2) is 22.1 Å². The molecule has 2 rings (SSSR count). The predicted octanol–water partition coefficient (Wildman–Crippen LogP) is 2.91. The fourth-order valence-electron chi connectivity index (χ4n) is 1.94. The second kappa shape index (κ2) is 7.82. The van der Waals surface area contributed by atoms with Crippen molar-refractivity contribution < 1.29 is 27.4 Å². The van der Waals surface area contributed by atoms with Gasteiger partial charge < -0.3 is 9.47 Å². The zero-order valence-electron chi connectivity index (χ0n) is 13.2. The lowest BCUT2D eigenvalue weighted by Gasteiger charge is -2.10. The highest BCUT2D eigenvalue weighted by molar-refractivity contribution is 5.86. The van der Waals surface area contributed by atoms with E-state index in [2.05, 4.69) is 9.84 Å². The van der Waals surface area contributed by atoms with Gasteiger partial charge in [-0.25, -0.2) is 9.48 Å². The van der Waals surface area contributed by atoms with Crippen LogP contribution in [0, 0.1) is 0 Å². The smallest absolute Gasteiger partial charge is 0.456 e. The number of aryl methyl sites for hydroxylation is 1. The van der Waals surface area contributed by atoms with Crippen LogP contribution < -0.4 is 10.3 Å². The zero-order chi connectivity index (χ0) is 18.4. The third kappa shape index (κ3) is 5.63. The molecule has 0 atom stereocenters. The van der Waals surface area contributed by atoms with Crippen LogP contribution in [0.3, 0.4) is 0 Å². The monoisotopic (exact) mass is 356 g/mol. The Kier molecular flexibility index (Phi) is 5.79. The molecular weight excluding hydrogens is 341 g/mol. The van der Waals surface area contributed by atoms with E-state index >= 15 is 0 Å². The fraction of sp³-hybridized carbons (Fsp3) is 0.312. The molecule has 0 aliphatic rings. The lowest BCUT2D eigenvalue weighted by molar-refractivity contribution is -0.274. The molecule has 0 N–H and O–H groups in total. The molecule has 0 fully saturated rings. The van der Waals surface area contributed by atoms with Crippen molar-refractivity contribution in [3.63, 3.8) is 0 Å². The van der Waals surface area contributed by atoms with E-state index in [9.17, 15) is 22.8 Å². The van der Waals surface area contributed by atoms with Crippen molar-refractivity contribution in [1.29, 1.82) is 0 Å². The SMILES string of the molecule is CCCn1nc(C(=O)OCc2ccc(OC(F)(F)F)cc2)ccc1=O. The first-order valence-corrected chi connectivity index (χ1v) is 7.38. The van der Waals surface area contributed by atoms with Gasteiger partial charge in [-0.3, -0.25) is 4.79 Å². The van der Waals surface area contributed by atoms with Gasteiger partial charge in [0.2, 0.25) is 0 Å². The fourth-order valence-corrected chi connectivity index (χ4v) is 1.94. The third-order valence-electron chi connectivity index (χ3n) is 3.04. The summed E-state index contributed by atoms with van der Waals surface area (Å²) in [5.74, 6) is -1.10. The number of aromatic nitrogens is 2. The highest BCUT2D eigenvalue weighted by atomic mass is 19.4. The summed E-state index contributed by atoms with van der Waals surface area (Å²) in [6, 6.07) is 7.42. The lowest BCUT2D eigenvalue weighted by atomic mass is 10.2. The number of carbonyl (C=O) groups is 1. The highest BCUT2D eigenvalue weighted by Gasteiger charge is 2.30. The summed E-state index contributed by atoms with van der Waals surface area (Å²) in [7, 11) is 0. The van der Waals surface area contributed by atoms with E-state index < -0.39 is 12.3 Å². The van der Waals surface area contributed by atoms with Crippen molar-refractivity contribution in [3.05, 3.63) is 58.0 Å². The summed E-state index contributed by atoms with van der Waals surface area (Å²) >= 11 is 0. The molecule has 1 heterocycles. The van der Waals surface area contributed by atoms with Gasteiger partial charge in [0.05, 0.1) is 0 Å². The largest absolute Gasteiger partial charge is 0.573 e. The van der Waals surface area contributed by atoms with Crippen LogP contribution in [0.5, 0.6) is 5.75 Å². The Hall–Kier alpha value is -2.84. The number of carbonyl (C=O) groups excluding carboxylic acids is 1. The molecule has 0 amide bonds. The van der Waals surface area contributed by atoms with Gasteiger partial charge in [-0.1, -0.05) is 19.1 Å². The summed E-state index contributed by atoms with van der Waals surface area (Å²) in [5.41, 5.74) is 0.133. The molecule has 6 nitrogen and oxygen atoms in total. The molecule has 0 aliphatic carbocycles. The van der Waals surface area contributed by atoms with Gasteiger partial charge in [0, 0.05) is 12.6 Å². The molecule has 9 heteroatoms. The molecule has 2 aromatic rings. The zero-order valence-corrected chi connectivity index (χ0v) is 13.2. The van der Waals surface area contributed by atoms with E-state index in [4.69, 9.17) is 4.74 Å². The molecule has 0 aliphatic heterocycles. The van der Waals surface area contributed by atoms with Gasteiger partial charge >= 0.3 is 12.3 Å². The normalized spacial score (nSPS) is 11.2. The summed E-state index contributed by atoms with van der Waals surface area (Å²) < 4.78 is 46.2. The minimum absolute atomic E-state index is 0.0231. The predicted molar refractivity (Wildman–Crippen MR) is 81.0 cm³/mol. The van der Waals surface area contributed by atoms with Crippen LogP contribution in [-0.2, 0) is 17.9 Å². The van der Waals surface area contributed by atoms with E-state index in [0.29, 0.717) is 18.5 Å². The van der Waals surface area contributed by atoms with Crippen LogP contribution in [0.4, 0.5) is 13.2 Å². The van der Waals surface area contributed by atoms with Gasteiger partial charge in [-0.2, -0.15) is 5.10 Å². The first kappa shape index (κ1) is 18.5. The minimum atomic E-state index is -4.76. The van der Waals surface area contributed by atoms with Crippen LogP contribution in [0.15, 0.2) is 41.2 Å². The number of alkyl halides is 3. The molecule has 134 valence electrons. The van der Waals surface area contributed by atoms with E-state index in [0.717, 1.165) is 12.1 Å². The summed E-state index contributed by atoms with van der Waals surface area (Å²) in [5, 5.41) is 3.91. The van der Waals surface area contributed by atoms with Gasteiger partial charge in [-0.15, -0.1) is 13.2 Å². The maximum atomic E-state index is 12.1. The number of halogens is 3. The van der Waals surface area contributed by atoms with Crippen molar-refractivity contribution in [2.45, 2.75) is 32.9 Å². The molecule has 0 radical (unpaired) electrons. The maximum absolute atomic E-state index is 12.1.